The largest absolute Gasteiger partial charge is 0.496 e. The normalized spacial score (nSPS) is 11.0. The average Bonchev–Trinajstić information content (AvgIpc) is 2.64. The number of halogens is 1. The molecule has 0 radical (unpaired) electrons. The van der Waals surface area contributed by atoms with Crippen LogP contribution in [0.5, 0.6) is 5.75 Å². The van der Waals surface area contributed by atoms with E-state index in [0.717, 1.165) is 16.9 Å². The Morgan fingerprint density at radius 3 is 2.52 bits per heavy atom. The van der Waals surface area contributed by atoms with Crippen molar-refractivity contribution in [2.75, 3.05) is 19.0 Å². The second-order valence-electron chi connectivity index (χ2n) is 6.86. The van der Waals surface area contributed by atoms with E-state index in [0.29, 0.717) is 23.7 Å². The maximum absolute atomic E-state index is 12.6. The molecule has 0 saturated carbocycles. The number of ether oxygens (including phenoxy) is 1. The minimum atomic E-state index is -1.23. The molecule has 0 fully saturated rings. The Kier molecular flexibility index (Phi) is 6.86. The van der Waals surface area contributed by atoms with Gasteiger partial charge in [-0.1, -0.05) is 35.9 Å². The van der Waals surface area contributed by atoms with Crippen molar-refractivity contribution >= 4 is 29.1 Å². The third kappa shape index (κ3) is 5.23. The minimum absolute atomic E-state index is 0.338. The fourth-order valence-electron chi connectivity index (χ4n) is 2.55. The fraction of sp³-hybridized carbons (Fsp3) is 0.333. The van der Waals surface area contributed by atoms with Crippen molar-refractivity contribution in [1.29, 1.82) is 0 Å². The summed E-state index contributed by atoms with van der Waals surface area (Å²) >= 11 is 5.99. The van der Waals surface area contributed by atoms with Crippen LogP contribution < -0.4 is 15.4 Å². The maximum Gasteiger partial charge on any atom is 0.239 e. The van der Waals surface area contributed by atoms with Crippen molar-refractivity contribution < 1.29 is 14.3 Å². The lowest BCUT2D eigenvalue weighted by Gasteiger charge is -2.23. The van der Waals surface area contributed by atoms with Crippen LogP contribution in [0.1, 0.15) is 25.0 Å². The average molecular weight is 389 g/mol. The van der Waals surface area contributed by atoms with Gasteiger partial charge in [0.2, 0.25) is 11.8 Å². The maximum atomic E-state index is 12.6. The number of amides is 2. The summed E-state index contributed by atoms with van der Waals surface area (Å²) in [6.07, 6.45) is 0.612. The molecule has 0 saturated heterocycles. The van der Waals surface area contributed by atoms with Gasteiger partial charge in [0.1, 0.15) is 11.2 Å². The summed E-state index contributed by atoms with van der Waals surface area (Å²) in [4.78, 5) is 25.2. The molecular formula is C21H25ClN2O3. The number of aryl methyl sites for hydroxylation is 1. The molecule has 144 valence electrons. The van der Waals surface area contributed by atoms with Gasteiger partial charge in [0.05, 0.1) is 7.11 Å². The van der Waals surface area contributed by atoms with E-state index >= 15 is 0 Å². The van der Waals surface area contributed by atoms with Crippen molar-refractivity contribution in [1.82, 2.24) is 5.32 Å². The molecule has 0 aliphatic carbocycles. The van der Waals surface area contributed by atoms with Gasteiger partial charge in [0.15, 0.2) is 0 Å². The molecule has 0 spiro atoms. The molecule has 0 aromatic heterocycles. The number of hydrogen-bond donors (Lipinski definition) is 2. The van der Waals surface area contributed by atoms with Gasteiger partial charge in [0.25, 0.3) is 0 Å². The molecule has 0 aliphatic heterocycles. The van der Waals surface area contributed by atoms with E-state index in [1.54, 1.807) is 33.1 Å². The predicted octanol–water partition coefficient (Wildman–Crippen LogP) is 3.98. The first kappa shape index (κ1) is 20.8. The van der Waals surface area contributed by atoms with Crippen LogP contribution in [0.4, 0.5) is 5.69 Å². The molecule has 0 unspecified atom stereocenters. The summed E-state index contributed by atoms with van der Waals surface area (Å²) in [5.74, 6) is 0.0532. The molecule has 0 bridgehead atoms. The zero-order valence-electron chi connectivity index (χ0n) is 16.1. The third-order valence-electron chi connectivity index (χ3n) is 4.46. The van der Waals surface area contributed by atoms with Crippen LogP contribution in [0.2, 0.25) is 5.02 Å². The number of hydrogen-bond acceptors (Lipinski definition) is 3. The number of carbonyl (C=O) groups excluding carboxylic acids is 2. The van der Waals surface area contributed by atoms with Crippen molar-refractivity contribution in [3.05, 3.63) is 58.6 Å². The lowest BCUT2D eigenvalue weighted by molar-refractivity contribution is -0.138. The SMILES string of the molecule is COc1ccccc1CCNC(=O)C(C)(C)C(=O)Nc1cc(Cl)ccc1C. The highest BCUT2D eigenvalue weighted by Gasteiger charge is 2.36. The number of anilines is 1. The molecule has 0 heterocycles. The topological polar surface area (TPSA) is 67.4 Å². The van der Waals surface area contributed by atoms with Gasteiger partial charge in [0, 0.05) is 17.3 Å². The predicted molar refractivity (Wildman–Crippen MR) is 108 cm³/mol. The minimum Gasteiger partial charge on any atom is -0.496 e. The highest BCUT2D eigenvalue weighted by Crippen LogP contribution is 2.24. The van der Waals surface area contributed by atoms with E-state index in [1.807, 2.05) is 37.3 Å². The van der Waals surface area contributed by atoms with Gasteiger partial charge in [-0.05, 0) is 56.5 Å². The summed E-state index contributed by atoms with van der Waals surface area (Å²) < 4.78 is 5.31. The second kappa shape index (κ2) is 8.91. The van der Waals surface area contributed by atoms with Gasteiger partial charge in [-0.25, -0.2) is 0 Å². The van der Waals surface area contributed by atoms with E-state index in [1.165, 1.54) is 0 Å². The molecule has 2 N–H and O–H groups in total. The molecule has 0 atom stereocenters. The Bertz CT molecular complexity index is 834. The molecule has 6 heteroatoms. The van der Waals surface area contributed by atoms with Gasteiger partial charge in [-0.3, -0.25) is 9.59 Å². The van der Waals surface area contributed by atoms with E-state index in [4.69, 9.17) is 16.3 Å². The summed E-state index contributed by atoms with van der Waals surface area (Å²) in [5, 5.41) is 6.15. The van der Waals surface area contributed by atoms with Crippen molar-refractivity contribution in [2.45, 2.75) is 27.2 Å². The van der Waals surface area contributed by atoms with Crippen molar-refractivity contribution in [3.63, 3.8) is 0 Å². The first-order valence-electron chi connectivity index (χ1n) is 8.73. The van der Waals surface area contributed by atoms with Crippen LogP contribution in [-0.2, 0) is 16.0 Å². The third-order valence-corrected chi connectivity index (χ3v) is 4.69. The molecule has 2 rings (SSSR count). The van der Waals surface area contributed by atoms with Gasteiger partial charge >= 0.3 is 0 Å². The van der Waals surface area contributed by atoms with Gasteiger partial charge < -0.3 is 15.4 Å². The highest BCUT2D eigenvalue weighted by atomic mass is 35.5. The van der Waals surface area contributed by atoms with E-state index in [2.05, 4.69) is 10.6 Å². The number of methoxy groups -OCH3 is 1. The smallest absolute Gasteiger partial charge is 0.239 e. The van der Waals surface area contributed by atoms with E-state index < -0.39 is 5.41 Å². The Hall–Kier alpha value is -2.53. The van der Waals surface area contributed by atoms with Gasteiger partial charge in [-0.15, -0.1) is 0 Å². The van der Waals surface area contributed by atoms with Crippen LogP contribution in [0.3, 0.4) is 0 Å². The standard InChI is InChI=1S/C21H25ClN2O3/c1-14-9-10-16(22)13-17(14)24-20(26)21(2,3)19(25)23-12-11-15-7-5-6-8-18(15)27-4/h5-10,13H,11-12H2,1-4H3,(H,23,25)(H,24,26). The molecule has 5 nitrogen and oxygen atoms in total. The number of rotatable bonds is 7. The Labute approximate surface area is 165 Å². The molecule has 0 aliphatic rings. The van der Waals surface area contributed by atoms with Crippen molar-refractivity contribution in [3.8, 4) is 5.75 Å². The summed E-state index contributed by atoms with van der Waals surface area (Å²) in [6, 6.07) is 12.9. The zero-order valence-corrected chi connectivity index (χ0v) is 16.8. The van der Waals surface area contributed by atoms with Crippen LogP contribution in [0, 0.1) is 12.3 Å². The number of para-hydroxylation sites is 1. The molecular weight excluding hydrogens is 364 g/mol. The zero-order chi connectivity index (χ0) is 20.0. The Morgan fingerprint density at radius 2 is 1.81 bits per heavy atom. The molecule has 2 aromatic carbocycles. The molecule has 2 aromatic rings. The number of benzene rings is 2. The molecule has 2 amide bonds. The van der Waals surface area contributed by atoms with Crippen LogP contribution in [0.25, 0.3) is 0 Å². The van der Waals surface area contributed by atoms with E-state index in [9.17, 15) is 9.59 Å². The lowest BCUT2D eigenvalue weighted by atomic mass is 9.90. The lowest BCUT2D eigenvalue weighted by Crippen LogP contribution is -2.45. The monoisotopic (exact) mass is 388 g/mol. The summed E-state index contributed by atoms with van der Waals surface area (Å²) in [5.41, 5.74) is 1.25. The van der Waals surface area contributed by atoms with Gasteiger partial charge in [-0.2, -0.15) is 0 Å². The van der Waals surface area contributed by atoms with E-state index in [-0.39, 0.29) is 11.8 Å². The second-order valence-corrected chi connectivity index (χ2v) is 7.29. The first-order valence-corrected chi connectivity index (χ1v) is 9.11. The van der Waals surface area contributed by atoms with Crippen LogP contribution in [0.15, 0.2) is 42.5 Å². The fourth-order valence-corrected chi connectivity index (χ4v) is 2.72. The Balaban J connectivity index is 1.97. The van der Waals surface area contributed by atoms with Crippen molar-refractivity contribution in [2.24, 2.45) is 5.41 Å². The summed E-state index contributed by atoms with van der Waals surface area (Å²) in [7, 11) is 1.61. The first-order chi connectivity index (χ1) is 12.8. The number of carbonyl (C=O) groups is 2. The van der Waals surface area contributed by atoms with Crippen LogP contribution in [-0.4, -0.2) is 25.5 Å². The summed E-state index contributed by atoms with van der Waals surface area (Å²) in [6.45, 7) is 5.47. The quantitative estimate of drug-likeness (QED) is 0.705. The highest BCUT2D eigenvalue weighted by molar-refractivity contribution is 6.31. The number of nitrogens with one attached hydrogen (secondary N) is 2. The molecule has 27 heavy (non-hydrogen) atoms. The Morgan fingerprint density at radius 1 is 1.11 bits per heavy atom. The van der Waals surface area contributed by atoms with Crippen LogP contribution >= 0.6 is 11.6 Å².